The van der Waals surface area contributed by atoms with Crippen molar-refractivity contribution in [3.63, 3.8) is 0 Å². The molecule has 0 N–H and O–H groups in total. The minimum absolute atomic E-state index is 0.127. The zero-order valence-electron chi connectivity index (χ0n) is 9.38. The molecule has 1 nitrogen and oxygen atoms in total. The Labute approximate surface area is 96.7 Å². The highest BCUT2D eigenvalue weighted by Crippen LogP contribution is 2.33. The molecule has 0 fully saturated rings. The highest BCUT2D eigenvalue weighted by Gasteiger charge is 2.12. The van der Waals surface area contributed by atoms with Gasteiger partial charge >= 0.3 is 0 Å². The Morgan fingerprint density at radius 2 is 2.13 bits per heavy atom. The molecule has 0 unspecified atom stereocenters. The first kappa shape index (κ1) is 12.1. The summed E-state index contributed by atoms with van der Waals surface area (Å²) in [6, 6.07) is 5.78. The molecule has 1 aromatic rings. The van der Waals surface area contributed by atoms with Gasteiger partial charge in [0.25, 0.3) is 0 Å². The molecular formula is C13H16ClO. The summed E-state index contributed by atoms with van der Waals surface area (Å²) < 4.78 is 5.60. The molecule has 0 aliphatic carbocycles. The lowest BCUT2D eigenvalue weighted by Gasteiger charge is -2.15. The molecule has 0 amide bonds. The molecular weight excluding hydrogens is 208 g/mol. The topological polar surface area (TPSA) is 9.23 Å². The Morgan fingerprint density at radius 3 is 2.67 bits per heavy atom. The monoisotopic (exact) mass is 223 g/mol. The maximum Gasteiger partial charge on any atom is 0.138 e. The number of rotatable bonds is 4. The Hall–Kier alpha value is -0.950. The number of allylic oxidation sites excluding steroid dienone is 1. The van der Waals surface area contributed by atoms with Gasteiger partial charge in [-0.25, -0.2) is 0 Å². The molecule has 1 rings (SSSR count). The number of ether oxygens (including phenoxy) is 1. The summed E-state index contributed by atoms with van der Waals surface area (Å²) in [5.41, 5.74) is 0.977. The summed E-state index contributed by atoms with van der Waals surface area (Å²) in [7, 11) is 0. The van der Waals surface area contributed by atoms with Gasteiger partial charge in [0.1, 0.15) is 5.75 Å². The molecule has 0 atom stereocenters. The second-order valence-electron chi connectivity index (χ2n) is 3.67. The standard InChI is InChI=1S/C13H16ClO/c1-5-10(4)11-7-6-8-12(13(11)14)15-9(2)3/h5-9H,1H2,2-4H3. The summed E-state index contributed by atoms with van der Waals surface area (Å²) >= 11 is 6.23. The number of hydrogen-bond acceptors (Lipinski definition) is 1. The predicted octanol–water partition coefficient (Wildman–Crippen LogP) is 4.26. The number of benzene rings is 1. The molecule has 0 spiro atoms. The first-order valence-corrected chi connectivity index (χ1v) is 5.35. The molecule has 2 heteroatoms. The van der Waals surface area contributed by atoms with Crippen molar-refractivity contribution in [2.24, 2.45) is 0 Å². The third kappa shape index (κ3) is 3.00. The van der Waals surface area contributed by atoms with Crippen molar-refractivity contribution in [3.8, 4) is 5.75 Å². The molecule has 0 heterocycles. The van der Waals surface area contributed by atoms with Gasteiger partial charge in [0.2, 0.25) is 0 Å². The van der Waals surface area contributed by atoms with Crippen molar-refractivity contribution in [3.05, 3.63) is 47.4 Å². The van der Waals surface area contributed by atoms with E-state index >= 15 is 0 Å². The molecule has 15 heavy (non-hydrogen) atoms. The van der Waals surface area contributed by atoms with Crippen LogP contribution in [-0.2, 0) is 0 Å². The van der Waals surface area contributed by atoms with Gasteiger partial charge in [-0.3, -0.25) is 0 Å². The van der Waals surface area contributed by atoms with Crippen molar-refractivity contribution < 1.29 is 4.74 Å². The van der Waals surface area contributed by atoms with Gasteiger partial charge in [0.05, 0.1) is 11.1 Å². The van der Waals surface area contributed by atoms with Gasteiger partial charge in [-0.1, -0.05) is 36.7 Å². The van der Waals surface area contributed by atoms with E-state index in [9.17, 15) is 0 Å². The Balaban J connectivity index is 3.05. The van der Waals surface area contributed by atoms with Crippen LogP contribution in [0.3, 0.4) is 0 Å². The van der Waals surface area contributed by atoms with Crippen LogP contribution in [0.5, 0.6) is 5.75 Å². The van der Waals surface area contributed by atoms with Crippen LogP contribution in [0.1, 0.15) is 26.3 Å². The van der Waals surface area contributed by atoms with Gasteiger partial charge in [0.15, 0.2) is 0 Å². The minimum Gasteiger partial charge on any atom is -0.489 e. The molecule has 0 aliphatic heterocycles. The predicted molar refractivity (Wildman–Crippen MR) is 65.4 cm³/mol. The molecule has 0 saturated heterocycles. The lowest BCUT2D eigenvalue weighted by Crippen LogP contribution is -2.06. The van der Waals surface area contributed by atoms with E-state index in [2.05, 4.69) is 6.58 Å². The van der Waals surface area contributed by atoms with Crippen molar-refractivity contribution in [1.82, 2.24) is 0 Å². The van der Waals surface area contributed by atoms with E-state index in [0.29, 0.717) is 5.02 Å². The lowest BCUT2D eigenvalue weighted by molar-refractivity contribution is 0.242. The van der Waals surface area contributed by atoms with Crippen LogP contribution in [0.15, 0.2) is 30.9 Å². The zero-order valence-corrected chi connectivity index (χ0v) is 10.1. The average molecular weight is 224 g/mol. The highest BCUT2D eigenvalue weighted by molar-refractivity contribution is 6.33. The van der Waals surface area contributed by atoms with Crippen molar-refractivity contribution in [2.75, 3.05) is 0 Å². The first-order chi connectivity index (χ1) is 7.06. The van der Waals surface area contributed by atoms with Gasteiger partial charge < -0.3 is 4.74 Å². The van der Waals surface area contributed by atoms with Crippen LogP contribution in [-0.4, -0.2) is 6.10 Å². The summed E-state index contributed by atoms with van der Waals surface area (Å²) in [4.78, 5) is 0. The molecule has 0 aliphatic rings. The zero-order chi connectivity index (χ0) is 11.4. The SMILES string of the molecule is C=C[C](C)c1cccc(OC(C)C)c1Cl. The number of hydrogen-bond donors (Lipinski definition) is 0. The van der Waals surface area contributed by atoms with E-state index in [0.717, 1.165) is 17.2 Å². The fourth-order valence-electron chi connectivity index (χ4n) is 1.27. The van der Waals surface area contributed by atoms with Gasteiger partial charge in [-0.15, -0.1) is 6.58 Å². The summed E-state index contributed by atoms with van der Waals surface area (Å²) in [6.45, 7) is 9.67. The third-order valence-corrected chi connectivity index (χ3v) is 2.45. The second-order valence-corrected chi connectivity index (χ2v) is 4.05. The van der Waals surface area contributed by atoms with Crippen LogP contribution >= 0.6 is 11.6 Å². The first-order valence-electron chi connectivity index (χ1n) is 4.97. The summed E-state index contributed by atoms with van der Waals surface area (Å²) in [5, 5.41) is 0.656. The van der Waals surface area contributed by atoms with Crippen LogP contribution in [0.2, 0.25) is 5.02 Å². The van der Waals surface area contributed by atoms with Gasteiger partial charge in [0, 0.05) is 5.92 Å². The number of halogens is 1. The van der Waals surface area contributed by atoms with E-state index in [1.165, 1.54) is 0 Å². The maximum atomic E-state index is 6.23. The van der Waals surface area contributed by atoms with E-state index in [-0.39, 0.29) is 6.10 Å². The van der Waals surface area contributed by atoms with E-state index in [1.807, 2.05) is 39.0 Å². The molecule has 0 bridgehead atoms. The summed E-state index contributed by atoms with van der Waals surface area (Å²) in [6.07, 6.45) is 1.92. The van der Waals surface area contributed by atoms with Crippen molar-refractivity contribution in [2.45, 2.75) is 26.9 Å². The highest BCUT2D eigenvalue weighted by atomic mass is 35.5. The van der Waals surface area contributed by atoms with E-state index < -0.39 is 0 Å². The van der Waals surface area contributed by atoms with E-state index in [4.69, 9.17) is 16.3 Å². The van der Waals surface area contributed by atoms with E-state index in [1.54, 1.807) is 6.08 Å². The van der Waals surface area contributed by atoms with Crippen LogP contribution in [0.25, 0.3) is 0 Å². The minimum atomic E-state index is 0.127. The third-order valence-electron chi connectivity index (χ3n) is 2.06. The average Bonchev–Trinajstić information content (AvgIpc) is 2.19. The normalized spacial score (nSPS) is 10.8. The van der Waals surface area contributed by atoms with Gasteiger partial charge in [-0.2, -0.15) is 0 Å². The molecule has 0 saturated carbocycles. The lowest BCUT2D eigenvalue weighted by atomic mass is 10.0. The Kier molecular flexibility index (Phi) is 4.22. The van der Waals surface area contributed by atoms with Crippen molar-refractivity contribution in [1.29, 1.82) is 0 Å². The Bertz CT molecular complexity index is 344. The quantitative estimate of drug-likeness (QED) is 0.741. The largest absolute Gasteiger partial charge is 0.489 e. The molecule has 81 valence electrons. The van der Waals surface area contributed by atoms with Crippen LogP contribution < -0.4 is 4.74 Å². The van der Waals surface area contributed by atoms with Crippen LogP contribution in [0, 0.1) is 5.92 Å². The van der Waals surface area contributed by atoms with Crippen LogP contribution in [0.4, 0.5) is 0 Å². The summed E-state index contributed by atoms with van der Waals surface area (Å²) in [5.74, 6) is 1.78. The maximum absolute atomic E-state index is 6.23. The van der Waals surface area contributed by atoms with Crippen molar-refractivity contribution >= 4 is 11.6 Å². The Morgan fingerprint density at radius 1 is 1.47 bits per heavy atom. The molecule has 0 aromatic heterocycles. The molecule has 1 aromatic carbocycles. The smallest absolute Gasteiger partial charge is 0.138 e. The fraction of sp³-hybridized carbons (Fsp3) is 0.308. The van der Waals surface area contributed by atoms with Gasteiger partial charge in [-0.05, 0) is 25.5 Å². The molecule has 1 radical (unpaired) electrons. The second kappa shape index (κ2) is 5.22. The fourth-order valence-corrected chi connectivity index (χ4v) is 1.59.